The number of hydrogen-bond acceptors (Lipinski definition) is 5. The van der Waals surface area contributed by atoms with E-state index in [1.165, 1.54) is 12.7 Å². The van der Waals surface area contributed by atoms with Crippen molar-refractivity contribution in [3.05, 3.63) is 102 Å². The predicted molar refractivity (Wildman–Crippen MR) is 153 cm³/mol. The highest BCUT2D eigenvalue weighted by atomic mass is 32.2. The summed E-state index contributed by atoms with van der Waals surface area (Å²) in [5, 5.41) is 0. The van der Waals surface area contributed by atoms with E-state index in [4.69, 9.17) is 9.47 Å². The van der Waals surface area contributed by atoms with E-state index in [-0.39, 0.29) is 28.9 Å². The molecule has 1 fully saturated rings. The summed E-state index contributed by atoms with van der Waals surface area (Å²) in [6, 6.07) is 25.2. The summed E-state index contributed by atoms with van der Waals surface area (Å²) in [6.07, 6.45) is 6.91. The van der Waals surface area contributed by atoms with Crippen LogP contribution in [-0.2, 0) is 30.9 Å². The van der Waals surface area contributed by atoms with Gasteiger partial charge in [-0.1, -0.05) is 84.4 Å². The van der Waals surface area contributed by atoms with Gasteiger partial charge in [-0.2, -0.15) is 0 Å². The van der Waals surface area contributed by atoms with Gasteiger partial charge in [0.25, 0.3) is 0 Å². The first-order valence-corrected chi connectivity index (χ1v) is 14.9. The fraction of sp³-hybridized carbons (Fsp3) is 0.344. The van der Waals surface area contributed by atoms with E-state index in [1.807, 2.05) is 37.3 Å². The van der Waals surface area contributed by atoms with Crippen molar-refractivity contribution in [2.24, 2.45) is 5.92 Å². The molecule has 3 aromatic rings. The molecule has 0 aromatic heterocycles. The third kappa shape index (κ3) is 8.12. The zero-order valence-corrected chi connectivity index (χ0v) is 23.4. The summed E-state index contributed by atoms with van der Waals surface area (Å²) in [4.78, 5) is 11.7. The maximum atomic E-state index is 13.1. The van der Waals surface area contributed by atoms with Gasteiger partial charge in [0, 0.05) is 18.4 Å². The Bertz CT molecular complexity index is 1340. The lowest BCUT2D eigenvalue weighted by atomic mass is 9.97. The van der Waals surface area contributed by atoms with Gasteiger partial charge in [0.2, 0.25) is 10.0 Å². The number of allylic oxidation sites excluding steroid dienone is 2. The Labute approximate surface area is 232 Å². The monoisotopic (exact) mass is 547 g/mol. The molecule has 4 rings (SSSR count). The summed E-state index contributed by atoms with van der Waals surface area (Å²) in [7, 11) is -2.27. The van der Waals surface area contributed by atoms with Crippen molar-refractivity contribution in [2.75, 3.05) is 7.11 Å². The van der Waals surface area contributed by atoms with Gasteiger partial charge in [0.05, 0.1) is 24.7 Å². The maximum Gasteiger partial charge on any atom is 0.305 e. The van der Waals surface area contributed by atoms with Crippen molar-refractivity contribution in [2.45, 2.75) is 62.7 Å². The highest BCUT2D eigenvalue weighted by molar-refractivity contribution is 7.89. The molecule has 7 heteroatoms. The van der Waals surface area contributed by atoms with Gasteiger partial charge in [-0.25, -0.2) is 13.1 Å². The molecule has 0 spiro atoms. The summed E-state index contributed by atoms with van der Waals surface area (Å²) >= 11 is 0. The quantitative estimate of drug-likeness (QED) is 0.216. The van der Waals surface area contributed by atoms with Gasteiger partial charge in [0.15, 0.2) is 0 Å². The van der Waals surface area contributed by atoms with Crippen LogP contribution in [0.2, 0.25) is 0 Å². The number of benzene rings is 3. The fourth-order valence-corrected chi connectivity index (χ4v) is 6.31. The molecule has 1 saturated carbocycles. The Hall–Kier alpha value is -3.26. The van der Waals surface area contributed by atoms with Crippen molar-refractivity contribution in [3.8, 4) is 11.1 Å². The second-order valence-corrected chi connectivity index (χ2v) is 11.7. The molecule has 0 aliphatic heterocycles. The lowest BCUT2D eigenvalue weighted by Crippen LogP contribution is -2.39. The van der Waals surface area contributed by atoms with Crippen LogP contribution < -0.4 is 4.72 Å². The number of carbonyl (C=O) groups excluding carboxylic acids is 1. The van der Waals surface area contributed by atoms with Crippen molar-refractivity contribution in [3.63, 3.8) is 0 Å². The van der Waals surface area contributed by atoms with E-state index in [0.29, 0.717) is 32.3 Å². The average Bonchev–Trinajstić information content (AvgIpc) is 3.32. The maximum absolute atomic E-state index is 13.1. The molecule has 3 aromatic carbocycles. The summed E-state index contributed by atoms with van der Waals surface area (Å²) in [5.41, 5.74) is 4.41. The molecule has 39 heavy (non-hydrogen) atoms. The van der Waals surface area contributed by atoms with Gasteiger partial charge in [-0.15, -0.1) is 0 Å². The highest BCUT2D eigenvalue weighted by Crippen LogP contribution is 2.34. The largest absolute Gasteiger partial charge is 0.469 e. The molecule has 0 amide bonds. The first-order valence-electron chi connectivity index (χ1n) is 13.4. The zero-order valence-electron chi connectivity index (χ0n) is 22.6. The molecule has 0 saturated heterocycles. The van der Waals surface area contributed by atoms with Crippen molar-refractivity contribution < 1.29 is 22.7 Å². The van der Waals surface area contributed by atoms with Gasteiger partial charge in [-0.05, 0) is 61.4 Å². The normalized spacial score (nSPS) is 19.4. The van der Waals surface area contributed by atoms with Gasteiger partial charge >= 0.3 is 5.97 Å². The van der Waals surface area contributed by atoms with Crippen LogP contribution in [0.15, 0.2) is 95.9 Å². The van der Waals surface area contributed by atoms with Crippen LogP contribution in [0.1, 0.15) is 43.2 Å². The number of carbonyl (C=O) groups is 1. The topological polar surface area (TPSA) is 81.7 Å². The third-order valence-corrected chi connectivity index (χ3v) is 8.74. The lowest BCUT2D eigenvalue weighted by Gasteiger charge is -2.25. The summed E-state index contributed by atoms with van der Waals surface area (Å²) in [6.45, 7) is 2.39. The van der Waals surface area contributed by atoms with Crippen LogP contribution in [0.4, 0.5) is 0 Å². The van der Waals surface area contributed by atoms with E-state index in [0.717, 1.165) is 23.1 Å². The summed E-state index contributed by atoms with van der Waals surface area (Å²) in [5.74, 6) is -0.271. The first kappa shape index (κ1) is 28.7. The number of ether oxygens (including phenoxy) is 2. The third-order valence-electron chi connectivity index (χ3n) is 7.24. The van der Waals surface area contributed by atoms with Gasteiger partial charge < -0.3 is 9.47 Å². The molecule has 0 bridgehead atoms. The Balaban J connectivity index is 1.42. The molecular weight excluding hydrogens is 510 g/mol. The van der Waals surface area contributed by atoms with Gasteiger partial charge in [0.1, 0.15) is 0 Å². The summed E-state index contributed by atoms with van der Waals surface area (Å²) < 4.78 is 40.3. The lowest BCUT2D eigenvalue weighted by molar-refractivity contribution is -0.140. The average molecular weight is 548 g/mol. The predicted octanol–water partition coefficient (Wildman–Crippen LogP) is 6.20. The molecule has 0 heterocycles. The Morgan fingerprint density at radius 3 is 2.31 bits per heavy atom. The van der Waals surface area contributed by atoms with Crippen LogP contribution in [0.3, 0.4) is 0 Å². The molecule has 206 valence electrons. The van der Waals surface area contributed by atoms with E-state index < -0.39 is 10.0 Å². The van der Waals surface area contributed by atoms with Crippen molar-refractivity contribution in [1.29, 1.82) is 0 Å². The van der Waals surface area contributed by atoms with E-state index in [2.05, 4.69) is 41.1 Å². The number of nitrogens with one attached hydrogen (secondary N) is 1. The van der Waals surface area contributed by atoms with E-state index in [9.17, 15) is 13.2 Å². The number of hydrogen-bond donors (Lipinski definition) is 1. The minimum Gasteiger partial charge on any atom is -0.469 e. The van der Waals surface area contributed by atoms with Crippen LogP contribution in [0.25, 0.3) is 11.1 Å². The number of sulfonamides is 1. The second kappa shape index (κ2) is 13.7. The van der Waals surface area contributed by atoms with Crippen LogP contribution in [0, 0.1) is 12.8 Å². The van der Waals surface area contributed by atoms with Crippen molar-refractivity contribution >= 4 is 16.0 Å². The molecule has 0 unspecified atom stereocenters. The Morgan fingerprint density at radius 2 is 1.62 bits per heavy atom. The van der Waals surface area contributed by atoms with Crippen LogP contribution >= 0.6 is 0 Å². The fourth-order valence-electron chi connectivity index (χ4n) is 4.99. The molecule has 1 aliphatic carbocycles. The molecule has 1 aliphatic rings. The van der Waals surface area contributed by atoms with Gasteiger partial charge in [-0.3, -0.25) is 4.79 Å². The smallest absolute Gasteiger partial charge is 0.305 e. The SMILES string of the molecule is COC(=O)CC/C=C\C[C@@H]1[C@@H](NS(=O)(=O)c2ccc(C)cc2)CC[C@@H]1OCc1ccc(-c2ccccc2)cc1. The number of aryl methyl sites for hydroxylation is 1. The Morgan fingerprint density at radius 1 is 0.923 bits per heavy atom. The van der Waals surface area contributed by atoms with Crippen LogP contribution in [0.5, 0.6) is 0 Å². The highest BCUT2D eigenvalue weighted by Gasteiger charge is 2.38. The number of rotatable bonds is 12. The number of methoxy groups -OCH3 is 1. The standard InChI is InChI=1S/C32H37NO5S/c1-24-13-19-28(20-14-24)39(35,36)33-30-21-22-31(29(30)11-7-4-8-12-32(34)37-2)38-23-25-15-17-27(18-16-25)26-9-5-3-6-10-26/h3-7,9-10,13-20,29-31,33H,8,11-12,21-23H2,1-2H3/b7-4-/t29-,30+,31+/m1/s1. The Kier molecular flexibility index (Phi) is 10.1. The zero-order chi connectivity index (χ0) is 27.7. The molecule has 0 radical (unpaired) electrons. The number of esters is 1. The molecule has 3 atom stereocenters. The van der Waals surface area contributed by atoms with Crippen LogP contribution in [-0.4, -0.2) is 33.6 Å². The van der Waals surface area contributed by atoms with E-state index >= 15 is 0 Å². The first-order chi connectivity index (χ1) is 18.9. The van der Waals surface area contributed by atoms with E-state index in [1.54, 1.807) is 24.3 Å². The molecule has 6 nitrogen and oxygen atoms in total. The molecular formula is C32H37NO5S. The second-order valence-electron chi connectivity index (χ2n) is 10.0. The van der Waals surface area contributed by atoms with Crippen molar-refractivity contribution in [1.82, 2.24) is 4.72 Å². The molecule has 1 N–H and O–H groups in total. The minimum atomic E-state index is -3.66. The minimum absolute atomic E-state index is 0.0248.